The van der Waals surface area contributed by atoms with Crippen LogP contribution in [0.15, 0.2) is 18.6 Å². The number of fused-ring (bicyclic) bond motifs is 1. The molecule has 0 aromatic carbocycles. The van der Waals surface area contributed by atoms with Crippen LogP contribution >= 0.6 is 0 Å². The highest BCUT2D eigenvalue weighted by molar-refractivity contribution is 5.94. The summed E-state index contributed by atoms with van der Waals surface area (Å²) in [4.78, 5) is 22.8. The summed E-state index contributed by atoms with van der Waals surface area (Å²) in [5.41, 5.74) is 3.76. The highest BCUT2D eigenvalue weighted by Crippen LogP contribution is 2.26. The third-order valence-electron chi connectivity index (χ3n) is 4.46. The van der Waals surface area contributed by atoms with E-state index in [1.54, 1.807) is 15.8 Å². The number of carbonyl (C=O) groups is 1. The van der Waals surface area contributed by atoms with Gasteiger partial charge in [-0.2, -0.15) is 5.10 Å². The Bertz CT molecular complexity index is 679. The van der Waals surface area contributed by atoms with E-state index in [9.17, 15) is 4.79 Å². The molecule has 6 nitrogen and oxygen atoms in total. The van der Waals surface area contributed by atoms with Gasteiger partial charge < -0.3 is 4.90 Å². The monoisotopic (exact) mass is 299 g/mol. The van der Waals surface area contributed by atoms with Crippen LogP contribution in [0.2, 0.25) is 0 Å². The number of rotatable bonds is 3. The molecular weight excluding hydrogens is 278 g/mol. The summed E-state index contributed by atoms with van der Waals surface area (Å²) in [6, 6.07) is 1.73. The molecule has 2 aromatic rings. The topological polar surface area (TPSA) is 63.9 Å². The molecule has 1 atom stereocenters. The van der Waals surface area contributed by atoms with Crippen LogP contribution in [0.1, 0.15) is 53.2 Å². The second kappa shape index (κ2) is 5.87. The molecule has 0 saturated heterocycles. The SMILES string of the molecule is C[C@@H](c1ccncn1)N(C)C(=O)c1c2c(nn1C)CCCC2. The lowest BCUT2D eigenvalue weighted by Gasteiger charge is -2.25. The predicted molar refractivity (Wildman–Crippen MR) is 82.4 cm³/mol. The molecule has 1 amide bonds. The summed E-state index contributed by atoms with van der Waals surface area (Å²) < 4.78 is 1.74. The van der Waals surface area contributed by atoms with Gasteiger partial charge in [0.1, 0.15) is 12.0 Å². The standard InChI is InChI=1S/C16H21N5O/c1-11(13-8-9-17-10-18-13)20(2)16(22)15-12-6-4-5-7-14(12)19-21(15)3/h8-11H,4-7H2,1-3H3/t11-/m0/s1. The smallest absolute Gasteiger partial charge is 0.272 e. The second-order valence-corrected chi connectivity index (χ2v) is 5.83. The van der Waals surface area contributed by atoms with Crippen molar-refractivity contribution in [3.05, 3.63) is 41.2 Å². The molecule has 0 fully saturated rings. The number of amides is 1. The van der Waals surface area contributed by atoms with Crippen molar-refractivity contribution in [1.82, 2.24) is 24.6 Å². The van der Waals surface area contributed by atoms with Crippen LogP contribution in [0.5, 0.6) is 0 Å². The molecule has 2 heterocycles. The van der Waals surface area contributed by atoms with Gasteiger partial charge in [-0.15, -0.1) is 0 Å². The van der Waals surface area contributed by atoms with Gasteiger partial charge in [0.15, 0.2) is 0 Å². The average molecular weight is 299 g/mol. The zero-order valence-corrected chi connectivity index (χ0v) is 13.3. The van der Waals surface area contributed by atoms with Gasteiger partial charge in [0, 0.05) is 25.9 Å². The molecular formula is C16H21N5O. The van der Waals surface area contributed by atoms with Crippen molar-refractivity contribution >= 4 is 5.91 Å². The van der Waals surface area contributed by atoms with Gasteiger partial charge in [0.05, 0.1) is 17.4 Å². The van der Waals surface area contributed by atoms with Crippen LogP contribution in [-0.4, -0.2) is 37.6 Å². The third kappa shape index (κ3) is 2.49. The van der Waals surface area contributed by atoms with Crippen LogP contribution in [0.4, 0.5) is 0 Å². The molecule has 1 aliphatic rings. The van der Waals surface area contributed by atoms with Crippen molar-refractivity contribution < 1.29 is 4.79 Å². The quantitative estimate of drug-likeness (QED) is 0.868. The highest BCUT2D eigenvalue weighted by atomic mass is 16.2. The van der Waals surface area contributed by atoms with E-state index in [0.717, 1.165) is 48.3 Å². The Hall–Kier alpha value is -2.24. The summed E-state index contributed by atoms with van der Waals surface area (Å²) in [5, 5.41) is 4.53. The van der Waals surface area contributed by atoms with Gasteiger partial charge in [-0.25, -0.2) is 9.97 Å². The zero-order valence-electron chi connectivity index (χ0n) is 13.3. The lowest BCUT2D eigenvalue weighted by molar-refractivity contribution is 0.0727. The van der Waals surface area contributed by atoms with Crippen LogP contribution < -0.4 is 0 Å². The van der Waals surface area contributed by atoms with E-state index in [1.165, 1.54) is 6.33 Å². The van der Waals surface area contributed by atoms with Crippen LogP contribution in [0.3, 0.4) is 0 Å². The van der Waals surface area contributed by atoms with E-state index in [1.807, 2.05) is 27.1 Å². The summed E-state index contributed by atoms with van der Waals surface area (Å²) in [6.07, 6.45) is 7.41. The van der Waals surface area contributed by atoms with Crippen LogP contribution in [0, 0.1) is 0 Å². The number of aromatic nitrogens is 4. The number of carbonyl (C=O) groups excluding carboxylic acids is 1. The van der Waals surface area contributed by atoms with Gasteiger partial charge in [0.25, 0.3) is 5.91 Å². The van der Waals surface area contributed by atoms with Crippen molar-refractivity contribution in [2.75, 3.05) is 7.05 Å². The molecule has 116 valence electrons. The van der Waals surface area contributed by atoms with Crippen LogP contribution in [-0.2, 0) is 19.9 Å². The Labute approximate surface area is 130 Å². The Kier molecular flexibility index (Phi) is 3.92. The third-order valence-corrected chi connectivity index (χ3v) is 4.46. The lowest BCUT2D eigenvalue weighted by atomic mass is 9.95. The maximum absolute atomic E-state index is 12.9. The van der Waals surface area contributed by atoms with Crippen molar-refractivity contribution in [2.24, 2.45) is 7.05 Å². The fourth-order valence-electron chi connectivity index (χ4n) is 3.04. The van der Waals surface area contributed by atoms with E-state index in [-0.39, 0.29) is 11.9 Å². The van der Waals surface area contributed by atoms with Gasteiger partial charge in [-0.3, -0.25) is 9.48 Å². The summed E-state index contributed by atoms with van der Waals surface area (Å²) in [7, 11) is 3.67. The molecule has 0 bridgehead atoms. The number of nitrogens with zero attached hydrogens (tertiary/aromatic N) is 5. The van der Waals surface area contributed by atoms with E-state index < -0.39 is 0 Å². The fraction of sp³-hybridized carbons (Fsp3) is 0.500. The van der Waals surface area contributed by atoms with Crippen LogP contribution in [0.25, 0.3) is 0 Å². The normalized spacial score (nSPS) is 15.2. The largest absolute Gasteiger partial charge is 0.332 e. The Morgan fingerprint density at radius 3 is 2.86 bits per heavy atom. The highest BCUT2D eigenvalue weighted by Gasteiger charge is 2.28. The fourth-order valence-corrected chi connectivity index (χ4v) is 3.04. The van der Waals surface area contributed by atoms with Gasteiger partial charge in [-0.1, -0.05) is 0 Å². The molecule has 0 aliphatic heterocycles. The summed E-state index contributed by atoms with van der Waals surface area (Å²) in [6.45, 7) is 1.98. The molecule has 22 heavy (non-hydrogen) atoms. The molecule has 1 aliphatic carbocycles. The first-order chi connectivity index (χ1) is 10.6. The summed E-state index contributed by atoms with van der Waals surface area (Å²) in [5.74, 6) is 0.00395. The Morgan fingerprint density at radius 1 is 1.36 bits per heavy atom. The van der Waals surface area contributed by atoms with E-state index in [2.05, 4.69) is 15.1 Å². The number of hydrogen-bond acceptors (Lipinski definition) is 4. The maximum Gasteiger partial charge on any atom is 0.272 e. The van der Waals surface area contributed by atoms with Gasteiger partial charge in [0.2, 0.25) is 0 Å². The van der Waals surface area contributed by atoms with E-state index in [4.69, 9.17) is 0 Å². The minimum atomic E-state index is -0.107. The molecule has 0 spiro atoms. The maximum atomic E-state index is 12.9. The lowest BCUT2D eigenvalue weighted by Crippen LogP contribution is -2.32. The average Bonchev–Trinajstić information content (AvgIpc) is 2.89. The minimum absolute atomic E-state index is 0.00395. The van der Waals surface area contributed by atoms with Crippen molar-refractivity contribution in [1.29, 1.82) is 0 Å². The molecule has 0 unspecified atom stereocenters. The first-order valence-electron chi connectivity index (χ1n) is 7.67. The Balaban J connectivity index is 1.89. The van der Waals surface area contributed by atoms with Crippen molar-refractivity contribution in [3.63, 3.8) is 0 Å². The molecule has 0 saturated carbocycles. The van der Waals surface area contributed by atoms with Gasteiger partial charge >= 0.3 is 0 Å². The molecule has 2 aromatic heterocycles. The first kappa shape index (κ1) is 14.7. The molecule has 3 rings (SSSR count). The number of aryl methyl sites for hydroxylation is 2. The first-order valence-corrected chi connectivity index (χ1v) is 7.67. The van der Waals surface area contributed by atoms with Crippen molar-refractivity contribution in [3.8, 4) is 0 Å². The second-order valence-electron chi connectivity index (χ2n) is 5.83. The molecule has 0 radical (unpaired) electrons. The minimum Gasteiger partial charge on any atom is -0.332 e. The predicted octanol–water partition coefficient (Wildman–Crippen LogP) is 1.92. The van der Waals surface area contributed by atoms with Gasteiger partial charge in [-0.05, 0) is 38.7 Å². The zero-order chi connectivity index (χ0) is 15.7. The van der Waals surface area contributed by atoms with E-state index >= 15 is 0 Å². The molecule has 0 N–H and O–H groups in total. The number of hydrogen-bond donors (Lipinski definition) is 0. The van der Waals surface area contributed by atoms with Crippen molar-refractivity contribution in [2.45, 2.75) is 38.6 Å². The summed E-state index contributed by atoms with van der Waals surface area (Å²) >= 11 is 0. The molecule has 6 heteroatoms. The Morgan fingerprint density at radius 2 is 2.14 bits per heavy atom. The van der Waals surface area contributed by atoms with E-state index in [0.29, 0.717) is 0 Å².